The molecule has 0 amide bonds. The molecule has 1 aliphatic heterocycles. The van der Waals surface area contributed by atoms with Crippen LogP contribution in [0.25, 0.3) is 0 Å². The molecule has 0 aromatic heterocycles. The van der Waals surface area contributed by atoms with Crippen molar-refractivity contribution in [2.24, 2.45) is 11.8 Å². The van der Waals surface area contributed by atoms with Gasteiger partial charge in [-0.2, -0.15) is 0 Å². The largest absolute Gasteiger partial charge is 0.374 e. The Labute approximate surface area is 106 Å². The molecule has 0 radical (unpaired) electrons. The van der Waals surface area contributed by atoms with E-state index in [-0.39, 0.29) is 0 Å². The van der Waals surface area contributed by atoms with Crippen molar-refractivity contribution in [2.45, 2.75) is 45.3 Å². The Morgan fingerprint density at radius 1 is 1.29 bits per heavy atom. The SMILES string of the molecule is CC1CCC(C)C(NCC2CN(C)CCO2)C1. The number of nitrogens with zero attached hydrogens (tertiary/aromatic N) is 1. The third kappa shape index (κ3) is 3.94. The summed E-state index contributed by atoms with van der Waals surface area (Å²) in [5.74, 6) is 1.71. The molecule has 1 N–H and O–H groups in total. The molecule has 1 saturated heterocycles. The van der Waals surface area contributed by atoms with Gasteiger partial charge < -0.3 is 15.0 Å². The molecule has 2 rings (SSSR count). The van der Waals surface area contributed by atoms with Crippen LogP contribution in [-0.4, -0.2) is 50.3 Å². The second-order valence-corrected chi connectivity index (χ2v) is 6.17. The highest BCUT2D eigenvalue weighted by Crippen LogP contribution is 2.28. The molecular formula is C14H28N2O. The van der Waals surface area contributed by atoms with Crippen LogP contribution < -0.4 is 5.32 Å². The summed E-state index contributed by atoms with van der Waals surface area (Å²) in [4.78, 5) is 2.36. The Morgan fingerprint density at radius 2 is 2.12 bits per heavy atom. The normalized spacial score (nSPS) is 40.4. The molecule has 3 nitrogen and oxygen atoms in total. The predicted octanol–water partition coefficient (Wildman–Crippen LogP) is 1.73. The monoisotopic (exact) mass is 240 g/mol. The number of rotatable bonds is 3. The Bertz CT molecular complexity index is 234. The lowest BCUT2D eigenvalue weighted by molar-refractivity contribution is -0.0209. The highest BCUT2D eigenvalue weighted by Gasteiger charge is 2.26. The van der Waals surface area contributed by atoms with E-state index in [1.807, 2.05) is 0 Å². The summed E-state index contributed by atoms with van der Waals surface area (Å²) in [7, 11) is 2.18. The fraction of sp³-hybridized carbons (Fsp3) is 1.00. The minimum Gasteiger partial charge on any atom is -0.374 e. The highest BCUT2D eigenvalue weighted by atomic mass is 16.5. The van der Waals surface area contributed by atoms with Gasteiger partial charge in [0.2, 0.25) is 0 Å². The predicted molar refractivity (Wildman–Crippen MR) is 71.2 cm³/mol. The third-order valence-electron chi connectivity index (χ3n) is 4.41. The Hall–Kier alpha value is -0.120. The van der Waals surface area contributed by atoms with Gasteiger partial charge in [0.05, 0.1) is 12.7 Å². The van der Waals surface area contributed by atoms with Crippen molar-refractivity contribution >= 4 is 0 Å². The van der Waals surface area contributed by atoms with Crippen LogP contribution in [0.1, 0.15) is 33.1 Å². The van der Waals surface area contributed by atoms with Gasteiger partial charge in [0.1, 0.15) is 0 Å². The number of hydrogen-bond acceptors (Lipinski definition) is 3. The molecule has 4 atom stereocenters. The van der Waals surface area contributed by atoms with E-state index in [0.717, 1.165) is 38.1 Å². The van der Waals surface area contributed by atoms with Crippen LogP contribution in [0, 0.1) is 11.8 Å². The molecule has 0 spiro atoms. The van der Waals surface area contributed by atoms with Crippen LogP contribution in [0.5, 0.6) is 0 Å². The molecule has 100 valence electrons. The van der Waals surface area contributed by atoms with E-state index in [9.17, 15) is 0 Å². The lowest BCUT2D eigenvalue weighted by Crippen LogP contribution is -2.49. The second-order valence-electron chi connectivity index (χ2n) is 6.17. The van der Waals surface area contributed by atoms with Gasteiger partial charge >= 0.3 is 0 Å². The van der Waals surface area contributed by atoms with Crippen molar-refractivity contribution in [1.82, 2.24) is 10.2 Å². The Kier molecular flexibility index (Phi) is 4.83. The van der Waals surface area contributed by atoms with Crippen molar-refractivity contribution in [3.63, 3.8) is 0 Å². The van der Waals surface area contributed by atoms with E-state index in [0.29, 0.717) is 12.1 Å². The fourth-order valence-electron chi connectivity index (χ4n) is 3.09. The summed E-state index contributed by atoms with van der Waals surface area (Å²) < 4.78 is 5.80. The van der Waals surface area contributed by atoms with E-state index in [1.54, 1.807) is 0 Å². The second kappa shape index (κ2) is 6.17. The van der Waals surface area contributed by atoms with E-state index in [2.05, 4.69) is 31.1 Å². The van der Waals surface area contributed by atoms with Gasteiger partial charge in [0, 0.05) is 25.7 Å². The molecule has 3 heteroatoms. The smallest absolute Gasteiger partial charge is 0.0826 e. The van der Waals surface area contributed by atoms with Crippen molar-refractivity contribution in [3.05, 3.63) is 0 Å². The standard InChI is InChI=1S/C14H28N2O/c1-11-4-5-12(2)14(8-11)15-9-13-10-16(3)6-7-17-13/h11-15H,4-10H2,1-3H3. The number of nitrogens with one attached hydrogen (secondary N) is 1. The Morgan fingerprint density at radius 3 is 2.88 bits per heavy atom. The van der Waals surface area contributed by atoms with E-state index >= 15 is 0 Å². The lowest BCUT2D eigenvalue weighted by atomic mass is 9.80. The molecular weight excluding hydrogens is 212 g/mol. The van der Waals surface area contributed by atoms with Crippen LogP contribution in [0.2, 0.25) is 0 Å². The van der Waals surface area contributed by atoms with Crippen molar-refractivity contribution < 1.29 is 4.74 Å². The average molecular weight is 240 g/mol. The van der Waals surface area contributed by atoms with Gasteiger partial charge in [-0.25, -0.2) is 0 Å². The minimum atomic E-state index is 0.387. The molecule has 2 aliphatic rings. The summed E-state index contributed by atoms with van der Waals surface area (Å²) in [6.07, 6.45) is 4.51. The average Bonchev–Trinajstić information content (AvgIpc) is 2.30. The molecule has 17 heavy (non-hydrogen) atoms. The van der Waals surface area contributed by atoms with Crippen LogP contribution in [0.4, 0.5) is 0 Å². The molecule has 2 fully saturated rings. The summed E-state index contributed by atoms with van der Waals surface area (Å²) in [6, 6.07) is 0.703. The Balaban J connectivity index is 1.72. The first-order valence-electron chi connectivity index (χ1n) is 7.18. The summed E-state index contributed by atoms with van der Waals surface area (Å²) >= 11 is 0. The molecule has 1 heterocycles. The highest BCUT2D eigenvalue weighted by molar-refractivity contribution is 4.83. The first kappa shape index (κ1) is 13.3. The van der Waals surface area contributed by atoms with Gasteiger partial charge in [-0.05, 0) is 31.7 Å². The molecule has 4 unspecified atom stereocenters. The zero-order chi connectivity index (χ0) is 12.3. The molecule has 0 aromatic carbocycles. The van der Waals surface area contributed by atoms with Crippen LogP contribution in [-0.2, 0) is 4.74 Å². The zero-order valence-corrected chi connectivity index (χ0v) is 11.6. The lowest BCUT2D eigenvalue weighted by Gasteiger charge is -2.36. The molecule has 1 saturated carbocycles. The van der Waals surface area contributed by atoms with Crippen molar-refractivity contribution in [2.75, 3.05) is 33.3 Å². The van der Waals surface area contributed by atoms with Crippen molar-refractivity contribution in [1.29, 1.82) is 0 Å². The summed E-state index contributed by atoms with van der Waals surface area (Å²) in [5.41, 5.74) is 0. The molecule has 1 aliphatic carbocycles. The molecule has 0 aromatic rings. The van der Waals surface area contributed by atoms with Crippen LogP contribution >= 0.6 is 0 Å². The quantitative estimate of drug-likeness (QED) is 0.813. The molecule has 0 bridgehead atoms. The van der Waals surface area contributed by atoms with Gasteiger partial charge in [-0.15, -0.1) is 0 Å². The van der Waals surface area contributed by atoms with Gasteiger partial charge in [-0.1, -0.05) is 20.3 Å². The van der Waals surface area contributed by atoms with Crippen LogP contribution in [0.15, 0.2) is 0 Å². The topological polar surface area (TPSA) is 24.5 Å². The van der Waals surface area contributed by atoms with Gasteiger partial charge in [0.15, 0.2) is 0 Å². The number of morpholine rings is 1. The van der Waals surface area contributed by atoms with E-state index in [4.69, 9.17) is 4.74 Å². The van der Waals surface area contributed by atoms with Gasteiger partial charge in [-0.3, -0.25) is 0 Å². The third-order valence-corrected chi connectivity index (χ3v) is 4.41. The fourth-order valence-corrected chi connectivity index (χ4v) is 3.09. The zero-order valence-electron chi connectivity index (χ0n) is 11.6. The maximum atomic E-state index is 5.80. The first-order valence-corrected chi connectivity index (χ1v) is 7.18. The maximum Gasteiger partial charge on any atom is 0.0826 e. The van der Waals surface area contributed by atoms with Crippen molar-refractivity contribution in [3.8, 4) is 0 Å². The summed E-state index contributed by atoms with van der Waals surface area (Å²) in [6.45, 7) is 8.82. The van der Waals surface area contributed by atoms with Gasteiger partial charge in [0.25, 0.3) is 0 Å². The summed E-state index contributed by atoms with van der Waals surface area (Å²) in [5, 5.41) is 3.74. The van der Waals surface area contributed by atoms with Crippen LogP contribution in [0.3, 0.4) is 0 Å². The maximum absolute atomic E-state index is 5.80. The number of ether oxygens (including phenoxy) is 1. The number of likely N-dealkylation sites (N-methyl/N-ethyl adjacent to an activating group) is 1. The number of hydrogen-bond donors (Lipinski definition) is 1. The first-order chi connectivity index (χ1) is 8.15. The van der Waals surface area contributed by atoms with E-state index in [1.165, 1.54) is 19.3 Å². The minimum absolute atomic E-state index is 0.387. The van der Waals surface area contributed by atoms with E-state index < -0.39 is 0 Å².